The summed E-state index contributed by atoms with van der Waals surface area (Å²) in [4.78, 5) is 25.0. The van der Waals surface area contributed by atoms with Crippen molar-refractivity contribution in [2.45, 2.75) is 0 Å². The van der Waals surface area contributed by atoms with Crippen molar-refractivity contribution in [3.63, 3.8) is 0 Å². The van der Waals surface area contributed by atoms with Crippen LogP contribution < -0.4 is 88.7 Å². The van der Waals surface area contributed by atoms with Gasteiger partial charge in [0.2, 0.25) is 0 Å². The minimum atomic E-state index is -0.644. The number of ether oxygens (including phenoxy) is 4. The Morgan fingerprint density at radius 3 is 1.21 bits per heavy atom. The van der Waals surface area contributed by atoms with E-state index in [0.717, 1.165) is 12.2 Å². The fourth-order valence-electron chi connectivity index (χ4n) is 3.48. The fourth-order valence-corrected chi connectivity index (χ4v) is 3.96. The van der Waals surface area contributed by atoms with E-state index in [0.29, 0.717) is 23.0 Å². The van der Waals surface area contributed by atoms with Gasteiger partial charge in [-0.05, 0) is 12.1 Å². The van der Waals surface area contributed by atoms with Crippen LogP contribution in [0.3, 0.4) is 0 Å². The summed E-state index contributed by atoms with van der Waals surface area (Å²) in [6.07, 6.45) is 1.95. The first-order valence-electron chi connectivity index (χ1n) is 11.5. The molecule has 0 radical (unpaired) electrons. The van der Waals surface area contributed by atoms with Gasteiger partial charge in [0.05, 0.1) is 49.9 Å². The van der Waals surface area contributed by atoms with E-state index in [-0.39, 0.29) is 103 Å². The van der Waals surface area contributed by atoms with Crippen LogP contribution >= 0.6 is 23.2 Å². The number of hydrogen-bond donors (Lipinski definition) is 4. The molecular weight excluding hydrogens is 609 g/mol. The quantitative estimate of drug-likeness (QED) is 0.140. The number of hydrogen-bond acceptors (Lipinski definition) is 8. The number of amides is 2. The SMILES string of the molecule is COc1cc(OC)c(NC(=O)/C=C(/O)c2ccc(/C(O)=C\C(=O)Nc3cc(Cl)c(OC)cc3OC)cc2)cc1Cl.[Na+].[Na+]. The van der Waals surface area contributed by atoms with Gasteiger partial charge in [0.25, 0.3) is 11.8 Å². The zero-order valence-corrected chi connectivity index (χ0v) is 29.4. The van der Waals surface area contributed by atoms with Crippen LogP contribution in [-0.2, 0) is 9.59 Å². The summed E-state index contributed by atoms with van der Waals surface area (Å²) < 4.78 is 20.8. The molecule has 42 heavy (non-hydrogen) atoms. The van der Waals surface area contributed by atoms with Crippen molar-refractivity contribution >= 4 is 57.9 Å². The predicted molar refractivity (Wildman–Crippen MR) is 154 cm³/mol. The van der Waals surface area contributed by atoms with Gasteiger partial charge in [0.1, 0.15) is 34.5 Å². The number of rotatable bonds is 10. The second kappa shape index (κ2) is 17.5. The van der Waals surface area contributed by atoms with Gasteiger partial charge in [-0.15, -0.1) is 0 Å². The molecule has 14 heteroatoms. The third-order valence-electron chi connectivity index (χ3n) is 5.48. The molecule has 0 saturated carbocycles. The Labute approximate surface area is 297 Å². The maximum Gasteiger partial charge on any atom is 1.00 e. The maximum absolute atomic E-state index is 12.5. The van der Waals surface area contributed by atoms with Crippen molar-refractivity contribution in [1.29, 1.82) is 0 Å². The maximum atomic E-state index is 12.5. The Morgan fingerprint density at radius 2 is 0.929 bits per heavy atom. The number of halogens is 2. The second-order valence-electron chi connectivity index (χ2n) is 7.99. The summed E-state index contributed by atoms with van der Waals surface area (Å²) in [6.45, 7) is 0. The molecule has 0 spiro atoms. The molecule has 3 rings (SSSR count). The number of aliphatic hydroxyl groups is 2. The zero-order valence-electron chi connectivity index (χ0n) is 23.9. The Balaban J connectivity index is 0.00000441. The third-order valence-corrected chi connectivity index (χ3v) is 6.07. The van der Waals surface area contributed by atoms with Crippen LogP contribution in [0.25, 0.3) is 11.5 Å². The standard InChI is InChI=1S/C28H26Cl2N2O8.2Na/c1-37-23-13-25(39-3)19(9-17(23)29)31-27(35)11-21(33)15-5-7-16(8-6-15)22(34)12-28(36)32-20-10-18(30)24(38-2)14-26(20)40-4;;/h5-14,33-34H,1-4H3,(H,31,35)(H,32,36);;/q;2*+1/b21-11+,22-12+;;. The summed E-state index contributed by atoms with van der Waals surface area (Å²) in [5.41, 5.74) is 1.13. The van der Waals surface area contributed by atoms with Gasteiger partial charge in [0, 0.05) is 35.4 Å². The Hall–Kier alpha value is -2.54. The Morgan fingerprint density at radius 1 is 0.619 bits per heavy atom. The summed E-state index contributed by atoms with van der Waals surface area (Å²) >= 11 is 12.2. The molecule has 210 valence electrons. The zero-order chi connectivity index (χ0) is 29.4. The normalized spacial score (nSPS) is 10.9. The van der Waals surface area contributed by atoms with Crippen LogP contribution in [0.4, 0.5) is 11.4 Å². The third kappa shape index (κ3) is 9.75. The van der Waals surface area contributed by atoms with E-state index in [1.165, 1.54) is 77.0 Å². The number of carbonyl (C=O) groups excluding carboxylic acids is 2. The van der Waals surface area contributed by atoms with E-state index in [2.05, 4.69) is 10.6 Å². The average Bonchev–Trinajstić information content (AvgIpc) is 2.93. The fraction of sp³-hybridized carbons (Fsp3) is 0.143. The molecule has 0 atom stereocenters. The van der Waals surface area contributed by atoms with Crippen molar-refractivity contribution in [2.24, 2.45) is 0 Å². The first-order chi connectivity index (χ1) is 19.1. The number of methoxy groups -OCH3 is 4. The molecule has 0 unspecified atom stereocenters. The molecule has 0 fully saturated rings. The van der Waals surface area contributed by atoms with E-state index in [9.17, 15) is 19.8 Å². The van der Waals surface area contributed by atoms with Crippen LogP contribution in [-0.4, -0.2) is 50.5 Å². The molecule has 2 amide bonds. The van der Waals surface area contributed by atoms with Crippen LogP contribution in [0.2, 0.25) is 10.0 Å². The molecule has 0 aliphatic rings. The van der Waals surface area contributed by atoms with Crippen LogP contribution in [0.15, 0.2) is 60.7 Å². The number of benzene rings is 3. The molecule has 0 bridgehead atoms. The minimum absolute atomic E-state index is 0. The van der Waals surface area contributed by atoms with Crippen molar-refractivity contribution in [1.82, 2.24) is 0 Å². The summed E-state index contributed by atoms with van der Waals surface area (Å²) in [5.74, 6) is -0.605. The van der Waals surface area contributed by atoms with E-state index in [4.69, 9.17) is 42.1 Å². The monoisotopic (exact) mass is 634 g/mol. The van der Waals surface area contributed by atoms with Crippen molar-refractivity contribution in [3.8, 4) is 23.0 Å². The second-order valence-corrected chi connectivity index (χ2v) is 8.80. The number of carbonyl (C=O) groups is 2. The molecule has 4 N–H and O–H groups in total. The van der Waals surface area contributed by atoms with E-state index < -0.39 is 11.8 Å². The van der Waals surface area contributed by atoms with Gasteiger partial charge >= 0.3 is 59.1 Å². The van der Waals surface area contributed by atoms with Crippen molar-refractivity contribution < 1.29 is 97.9 Å². The molecule has 3 aromatic carbocycles. The molecule has 0 aliphatic heterocycles. The van der Waals surface area contributed by atoms with Gasteiger partial charge in [-0.25, -0.2) is 0 Å². The molecule has 0 heterocycles. The van der Waals surface area contributed by atoms with Crippen molar-refractivity contribution in [2.75, 3.05) is 39.1 Å². The Kier molecular flexibility index (Phi) is 15.7. The predicted octanol–water partition coefficient (Wildman–Crippen LogP) is 0.111. The number of nitrogens with one attached hydrogen (secondary N) is 2. The number of aliphatic hydroxyl groups excluding tert-OH is 2. The van der Waals surface area contributed by atoms with E-state index in [1.54, 1.807) is 0 Å². The molecule has 0 saturated heterocycles. The van der Waals surface area contributed by atoms with Crippen LogP contribution in [0.5, 0.6) is 23.0 Å². The van der Waals surface area contributed by atoms with Gasteiger partial charge in [0.15, 0.2) is 0 Å². The Bertz CT molecular complexity index is 1370. The molecule has 0 aromatic heterocycles. The minimum Gasteiger partial charge on any atom is -0.507 e. The van der Waals surface area contributed by atoms with Gasteiger partial charge in [-0.1, -0.05) is 47.5 Å². The summed E-state index contributed by atoms with van der Waals surface area (Å²) in [5, 5.41) is 26.6. The van der Waals surface area contributed by atoms with Crippen molar-refractivity contribution in [3.05, 3.63) is 81.9 Å². The largest absolute Gasteiger partial charge is 1.00 e. The average molecular weight is 635 g/mol. The van der Waals surface area contributed by atoms with E-state index >= 15 is 0 Å². The van der Waals surface area contributed by atoms with Gasteiger partial charge in [-0.2, -0.15) is 0 Å². The first kappa shape index (κ1) is 37.5. The topological polar surface area (TPSA) is 136 Å². The molecule has 3 aromatic rings. The summed E-state index contributed by atoms with van der Waals surface area (Å²) in [6, 6.07) is 11.8. The van der Waals surface area contributed by atoms with Gasteiger partial charge in [-0.3, -0.25) is 9.59 Å². The van der Waals surface area contributed by atoms with Crippen LogP contribution in [0, 0.1) is 0 Å². The molecule has 10 nitrogen and oxygen atoms in total. The molecule has 0 aliphatic carbocycles. The smallest absolute Gasteiger partial charge is 0.507 e. The first-order valence-corrected chi connectivity index (χ1v) is 12.2. The number of anilines is 2. The molecular formula is C28H26Cl2N2Na2O8+2. The summed E-state index contributed by atoms with van der Waals surface area (Å²) in [7, 11) is 5.75. The van der Waals surface area contributed by atoms with Crippen LogP contribution in [0.1, 0.15) is 11.1 Å². The van der Waals surface area contributed by atoms with E-state index in [1.807, 2.05) is 0 Å². The van der Waals surface area contributed by atoms with Gasteiger partial charge < -0.3 is 39.8 Å².